The fourth-order valence-electron chi connectivity index (χ4n) is 1.50. The highest BCUT2D eigenvalue weighted by atomic mass is 19.1. The Labute approximate surface area is 94.8 Å². The standard InChI is InChI=1S/C12H17FO3/c1-12(14,6-7-15-2)10-5-4-9(16-3)8-11(10)13/h4-5,8,14H,6-7H2,1-3H3. The molecule has 0 aliphatic rings. The summed E-state index contributed by atoms with van der Waals surface area (Å²) < 4.78 is 23.5. The summed E-state index contributed by atoms with van der Waals surface area (Å²) in [5.41, 5.74) is -0.975. The van der Waals surface area contributed by atoms with Crippen LogP contribution >= 0.6 is 0 Å². The van der Waals surface area contributed by atoms with Gasteiger partial charge in [-0.15, -0.1) is 0 Å². The van der Waals surface area contributed by atoms with Crippen LogP contribution in [-0.4, -0.2) is 25.9 Å². The van der Waals surface area contributed by atoms with E-state index >= 15 is 0 Å². The van der Waals surface area contributed by atoms with E-state index in [1.807, 2.05) is 0 Å². The van der Waals surface area contributed by atoms with Crippen LogP contribution in [0.5, 0.6) is 5.75 Å². The fourth-order valence-corrected chi connectivity index (χ4v) is 1.50. The van der Waals surface area contributed by atoms with Crippen LogP contribution in [0.3, 0.4) is 0 Å². The van der Waals surface area contributed by atoms with Crippen molar-refractivity contribution in [2.75, 3.05) is 20.8 Å². The van der Waals surface area contributed by atoms with Gasteiger partial charge in [-0.2, -0.15) is 0 Å². The molecule has 0 aliphatic carbocycles. The van der Waals surface area contributed by atoms with Gasteiger partial charge in [0.25, 0.3) is 0 Å². The number of methoxy groups -OCH3 is 2. The first-order valence-electron chi connectivity index (χ1n) is 5.06. The summed E-state index contributed by atoms with van der Waals surface area (Å²) in [6.45, 7) is 1.94. The Morgan fingerprint density at radius 1 is 1.38 bits per heavy atom. The number of hydrogen-bond donors (Lipinski definition) is 1. The van der Waals surface area contributed by atoms with E-state index in [4.69, 9.17) is 9.47 Å². The van der Waals surface area contributed by atoms with Gasteiger partial charge in [-0.1, -0.05) is 0 Å². The maximum absolute atomic E-state index is 13.7. The van der Waals surface area contributed by atoms with Crippen LogP contribution in [0.4, 0.5) is 4.39 Å². The maximum Gasteiger partial charge on any atom is 0.132 e. The number of ether oxygens (including phenoxy) is 2. The zero-order valence-electron chi connectivity index (χ0n) is 9.79. The van der Waals surface area contributed by atoms with Crippen LogP contribution in [0, 0.1) is 5.82 Å². The van der Waals surface area contributed by atoms with Crippen molar-refractivity contribution in [1.82, 2.24) is 0 Å². The van der Waals surface area contributed by atoms with Crippen molar-refractivity contribution in [3.63, 3.8) is 0 Å². The average Bonchev–Trinajstić information content (AvgIpc) is 2.25. The minimum Gasteiger partial charge on any atom is -0.497 e. The third-order valence-electron chi connectivity index (χ3n) is 2.55. The summed E-state index contributed by atoms with van der Waals surface area (Å²) in [6.07, 6.45) is 0.340. The maximum atomic E-state index is 13.7. The van der Waals surface area contributed by atoms with E-state index in [1.165, 1.54) is 19.2 Å². The van der Waals surface area contributed by atoms with E-state index in [1.54, 1.807) is 20.1 Å². The van der Waals surface area contributed by atoms with Gasteiger partial charge in [0, 0.05) is 31.8 Å². The molecule has 0 heterocycles. The molecule has 0 saturated heterocycles. The van der Waals surface area contributed by atoms with Crippen LogP contribution in [0.2, 0.25) is 0 Å². The Morgan fingerprint density at radius 3 is 2.56 bits per heavy atom. The molecule has 0 amide bonds. The first-order chi connectivity index (χ1) is 7.51. The summed E-state index contributed by atoms with van der Waals surface area (Å²) in [4.78, 5) is 0. The second kappa shape index (κ2) is 5.27. The Bertz CT molecular complexity index is 350. The quantitative estimate of drug-likeness (QED) is 0.838. The van der Waals surface area contributed by atoms with Crippen molar-refractivity contribution in [3.05, 3.63) is 29.6 Å². The van der Waals surface area contributed by atoms with Crippen LogP contribution in [0.15, 0.2) is 18.2 Å². The molecule has 1 atom stereocenters. The van der Waals surface area contributed by atoms with Gasteiger partial charge in [0.1, 0.15) is 11.6 Å². The molecule has 0 spiro atoms. The molecule has 1 unspecified atom stereocenters. The predicted molar refractivity (Wildman–Crippen MR) is 59.0 cm³/mol. The zero-order valence-corrected chi connectivity index (χ0v) is 9.79. The number of hydrogen-bond acceptors (Lipinski definition) is 3. The second-order valence-electron chi connectivity index (χ2n) is 3.86. The fraction of sp³-hybridized carbons (Fsp3) is 0.500. The third-order valence-corrected chi connectivity index (χ3v) is 2.55. The number of benzene rings is 1. The molecule has 0 aromatic heterocycles. The van der Waals surface area contributed by atoms with Crippen molar-refractivity contribution in [3.8, 4) is 5.75 Å². The van der Waals surface area contributed by atoms with E-state index in [0.29, 0.717) is 18.8 Å². The normalized spacial score (nSPS) is 14.6. The van der Waals surface area contributed by atoms with Gasteiger partial charge < -0.3 is 14.6 Å². The molecule has 0 fully saturated rings. The smallest absolute Gasteiger partial charge is 0.132 e. The summed E-state index contributed by atoms with van der Waals surface area (Å²) in [6, 6.07) is 4.42. The molecule has 90 valence electrons. The number of aliphatic hydroxyl groups is 1. The van der Waals surface area contributed by atoms with Crippen molar-refractivity contribution in [2.24, 2.45) is 0 Å². The Balaban J connectivity index is 2.94. The largest absolute Gasteiger partial charge is 0.497 e. The molecular formula is C12H17FO3. The summed E-state index contributed by atoms with van der Waals surface area (Å²) >= 11 is 0. The van der Waals surface area contributed by atoms with Gasteiger partial charge >= 0.3 is 0 Å². The minimum atomic E-state index is -1.23. The molecule has 1 aromatic rings. The molecule has 3 nitrogen and oxygen atoms in total. The van der Waals surface area contributed by atoms with Crippen molar-refractivity contribution >= 4 is 0 Å². The molecule has 0 bridgehead atoms. The lowest BCUT2D eigenvalue weighted by atomic mass is 9.92. The summed E-state index contributed by atoms with van der Waals surface area (Å²) in [5.74, 6) is -0.0377. The Kier molecular flexibility index (Phi) is 4.26. The Hall–Kier alpha value is -1.13. The first kappa shape index (κ1) is 12.9. The van der Waals surface area contributed by atoms with E-state index in [0.717, 1.165) is 0 Å². The molecule has 0 saturated carbocycles. The zero-order chi connectivity index (χ0) is 12.2. The SMILES string of the molecule is COCCC(C)(O)c1ccc(OC)cc1F. The van der Waals surface area contributed by atoms with Gasteiger partial charge in [-0.3, -0.25) is 0 Å². The van der Waals surface area contributed by atoms with Crippen LogP contribution in [-0.2, 0) is 10.3 Å². The highest BCUT2D eigenvalue weighted by Crippen LogP contribution is 2.29. The van der Waals surface area contributed by atoms with Crippen LogP contribution in [0.25, 0.3) is 0 Å². The predicted octanol–water partition coefficient (Wildman–Crippen LogP) is 2.08. The van der Waals surface area contributed by atoms with E-state index in [-0.39, 0.29) is 5.56 Å². The van der Waals surface area contributed by atoms with E-state index < -0.39 is 11.4 Å². The van der Waals surface area contributed by atoms with Crippen molar-refractivity contribution in [2.45, 2.75) is 18.9 Å². The van der Waals surface area contributed by atoms with Crippen LogP contribution < -0.4 is 4.74 Å². The highest BCUT2D eigenvalue weighted by molar-refractivity contribution is 5.32. The van der Waals surface area contributed by atoms with Gasteiger partial charge in [-0.05, 0) is 19.1 Å². The highest BCUT2D eigenvalue weighted by Gasteiger charge is 2.26. The molecule has 4 heteroatoms. The van der Waals surface area contributed by atoms with Gasteiger partial charge in [0.05, 0.1) is 12.7 Å². The lowest BCUT2D eigenvalue weighted by Crippen LogP contribution is -2.24. The molecule has 0 aliphatic heterocycles. The second-order valence-corrected chi connectivity index (χ2v) is 3.86. The third kappa shape index (κ3) is 2.93. The first-order valence-corrected chi connectivity index (χ1v) is 5.06. The lowest BCUT2D eigenvalue weighted by molar-refractivity contribution is 0.0181. The van der Waals surface area contributed by atoms with Gasteiger partial charge in [0.2, 0.25) is 0 Å². The average molecular weight is 228 g/mol. The number of halogens is 1. The molecule has 0 radical (unpaired) electrons. The van der Waals surface area contributed by atoms with Crippen LogP contribution in [0.1, 0.15) is 18.9 Å². The molecule has 16 heavy (non-hydrogen) atoms. The molecular weight excluding hydrogens is 211 g/mol. The molecule has 1 rings (SSSR count). The van der Waals surface area contributed by atoms with Crippen molar-refractivity contribution in [1.29, 1.82) is 0 Å². The van der Waals surface area contributed by atoms with E-state index in [9.17, 15) is 9.50 Å². The summed E-state index contributed by atoms with van der Waals surface area (Å²) in [7, 11) is 3.01. The number of rotatable bonds is 5. The lowest BCUT2D eigenvalue weighted by Gasteiger charge is -2.24. The minimum absolute atomic E-state index is 0.255. The van der Waals surface area contributed by atoms with Crippen molar-refractivity contribution < 1.29 is 19.0 Å². The van der Waals surface area contributed by atoms with Gasteiger partial charge in [0.15, 0.2) is 0 Å². The Morgan fingerprint density at radius 2 is 2.06 bits per heavy atom. The molecule has 1 N–H and O–H groups in total. The van der Waals surface area contributed by atoms with Gasteiger partial charge in [-0.25, -0.2) is 4.39 Å². The topological polar surface area (TPSA) is 38.7 Å². The monoisotopic (exact) mass is 228 g/mol. The van der Waals surface area contributed by atoms with E-state index in [2.05, 4.69) is 0 Å². The summed E-state index contributed by atoms with van der Waals surface area (Å²) in [5, 5.41) is 10.1. The molecule has 1 aromatic carbocycles.